The van der Waals surface area contributed by atoms with E-state index in [0.717, 1.165) is 17.5 Å². The minimum atomic E-state index is 0.0668. The van der Waals surface area contributed by atoms with Crippen LogP contribution in [0.3, 0.4) is 0 Å². The Morgan fingerprint density at radius 3 is 2.85 bits per heavy atom. The number of nitrogens with zero attached hydrogens (tertiary/aromatic N) is 2. The molecule has 2 aromatic rings. The SMILES string of the molecule is CC(C)n1ccc2cc(C(=O)NC[C@H]3CCCN4CCCC[C@H]34)ccc21. The number of piperidine rings is 2. The van der Waals surface area contributed by atoms with E-state index < -0.39 is 0 Å². The molecule has 1 aromatic heterocycles. The molecule has 4 nitrogen and oxygen atoms in total. The van der Waals surface area contributed by atoms with Crippen LogP contribution in [-0.2, 0) is 0 Å². The Bertz CT molecular complexity index is 777. The zero-order valence-electron chi connectivity index (χ0n) is 16.1. The fourth-order valence-corrected chi connectivity index (χ4v) is 4.90. The van der Waals surface area contributed by atoms with Gasteiger partial charge in [0.1, 0.15) is 0 Å². The molecular weight excluding hydrogens is 322 g/mol. The van der Waals surface area contributed by atoms with E-state index in [1.165, 1.54) is 50.7 Å². The average molecular weight is 354 g/mol. The van der Waals surface area contributed by atoms with Crippen molar-refractivity contribution in [3.63, 3.8) is 0 Å². The van der Waals surface area contributed by atoms with Crippen molar-refractivity contribution in [3.8, 4) is 0 Å². The van der Waals surface area contributed by atoms with E-state index in [1.54, 1.807) is 0 Å². The Labute approximate surface area is 156 Å². The van der Waals surface area contributed by atoms with Gasteiger partial charge in [0, 0.05) is 41.3 Å². The lowest BCUT2D eigenvalue weighted by molar-refractivity contribution is 0.0575. The van der Waals surface area contributed by atoms with Crippen molar-refractivity contribution < 1.29 is 4.79 Å². The molecule has 0 spiro atoms. The topological polar surface area (TPSA) is 37.3 Å². The van der Waals surface area contributed by atoms with Crippen LogP contribution in [0.5, 0.6) is 0 Å². The summed E-state index contributed by atoms with van der Waals surface area (Å²) in [6.45, 7) is 7.67. The van der Waals surface area contributed by atoms with Crippen molar-refractivity contribution in [2.45, 2.75) is 58.0 Å². The highest BCUT2D eigenvalue weighted by molar-refractivity contribution is 5.98. The number of aromatic nitrogens is 1. The highest BCUT2D eigenvalue weighted by Gasteiger charge is 2.32. The predicted octanol–water partition coefficient (Wildman–Crippen LogP) is 4.22. The molecule has 4 heteroatoms. The van der Waals surface area contributed by atoms with Crippen molar-refractivity contribution in [2.75, 3.05) is 19.6 Å². The summed E-state index contributed by atoms with van der Waals surface area (Å²) in [7, 11) is 0. The monoisotopic (exact) mass is 353 g/mol. The predicted molar refractivity (Wildman–Crippen MR) is 107 cm³/mol. The van der Waals surface area contributed by atoms with Gasteiger partial charge in [-0.05, 0) is 82.8 Å². The number of hydrogen-bond acceptors (Lipinski definition) is 2. The van der Waals surface area contributed by atoms with Gasteiger partial charge in [0.25, 0.3) is 5.91 Å². The van der Waals surface area contributed by atoms with Crippen LogP contribution in [0.2, 0.25) is 0 Å². The minimum absolute atomic E-state index is 0.0668. The summed E-state index contributed by atoms with van der Waals surface area (Å²) < 4.78 is 2.25. The summed E-state index contributed by atoms with van der Waals surface area (Å²) in [5.74, 6) is 0.677. The second-order valence-corrected chi connectivity index (χ2v) is 8.30. The Balaban J connectivity index is 1.42. The van der Waals surface area contributed by atoms with Gasteiger partial charge < -0.3 is 14.8 Å². The minimum Gasteiger partial charge on any atom is -0.352 e. The molecule has 3 heterocycles. The van der Waals surface area contributed by atoms with Crippen LogP contribution < -0.4 is 5.32 Å². The fraction of sp³-hybridized carbons (Fsp3) is 0.591. The Morgan fingerprint density at radius 2 is 2.00 bits per heavy atom. The number of hydrogen-bond donors (Lipinski definition) is 1. The molecule has 0 bridgehead atoms. The Kier molecular flexibility index (Phi) is 5.03. The molecule has 2 fully saturated rings. The van der Waals surface area contributed by atoms with Crippen molar-refractivity contribution in [3.05, 3.63) is 36.0 Å². The number of fused-ring (bicyclic) bond motifs is 2. The van der Waals surface area contributed by atoms with E-state index in [9.17, 15) is 4.79 Å². The molecule has 2 aliphatic rings. The van der Waals surface area contributed by atoms with Gasteiger partial charge in [-0.2, -0.15) is 0 Å². The first-order valence-corrected chi connectivity index (χ1v) is 10.3. The Morgan fingerprint density at radius 1 is 1.15 bits per heavy atom. The molecule has 1 N–H and O–H groups in total. The summed E-state index contributed by atoms with van der Waals surface area (Å²) in [5.41, 5.74) is 1.97. The average Bonchev–Trinajstić information content (AvgIpc) is 3.09. The fourth-order valence-electron chi connectivity index (χ4n) is 4.90. The van der Waals surface area contributed by atoms with Crippen LogP contribution in [0.1, 0.15) is 62.4 Å². The van der Waals surface area contributed by atoms with Gasteiger partial charge in [-0.1, -0.05) is 6.42 Å². The van der Waals surface area contributed by atoms with Gasteiger partial charge in [-0.3, -0.25) is 4.79 Å². The molecule has 4 rings (SSSR count). The third-order valence-electron chi connectivity index (χ3n) is 6.29. The van der Waals surface area contributed by atoms with Crippen LogP contribution in [0.25, 0.3) is 10.9 Å². The molecule has 0 unspecified atom stereocenters. The van der Waals surface area contributed by atoms with Crippen molar-refractivity contribution in [1.82, 2.24) is 14.8 Å². The van der Waals surface area contributed by atoms with Crippen LogP contribution >= 0.6 is 0 Å². The number of amides is 1. The summed E-state index contributed by atoms with van der Waals surface area (Å²) >= 11 is 0. The Hall–Kier alpha value is -1.81. The quantitative estimate of drug-likeness (QED) is 0.894. The van der Waals surface area contributed by atoms with Gasteiger partial charge in [-0.25, -0.2) is 0 Å². The zero-order chi connectivity index (χ0) is 18.1. The molecule has 2 saturated heterocycles. The van der Waals surface area contributed by atoms with Crippen LogP contribution in [0.4, 0.5) is 0 Å². The van der Waals surface area contributed by atoms with Crippen molar-refractivity contribution >= 4 is 16.8 Å². The maximum absolute atomic E-state index is 12.7. The van der Waals surface area contributed by atoms with E-state index in [2.05, 4.69) is 47.0 Å². The first kappa shape index (κ1) is 17.6. The van der Waals surface area contributed by atoms with E-state index in [4.69, 9.17) is 0 Å². The maximum atomic E-state index is 12.7. The number of rotatable bonds is 4. The zero-order valence-corrected chi connectivity index (χ0v) is 16.1. The molecule has 1 amide bonds. The van der Waals surface area contributed by atoms with Crippen molar-refractivity contribution in [1.29, 1.82) is 0 Å². The summed E-state index contributed by atoms with van der Waals surface area (Å²) in [4.78, 5) is 15.4. The van der Waals surface area contributed by atoms with E-state index in [1.807, 2.05) is 12.1 Å². The van der Waals surface area contributed by atoms with Gasteiger partial charge in [0.15, 0.2) is 0 Å². The first-order chi connectivity index (χ1) is 12.6. The number of benzene rings is 1. The number of carbonyl (C=O) groups is 1. The number of carbonyl (C=O) groups excluding carboxylic acids is 1. The van der Waals surface area contributed by atoms with Crippen LogP contribution in [-0.4, -0.2) is 41.1 Å². The molecule has 140 valence electrons. The lowest BCUT2D eigenvalue weighted by Crippen LogP contribution is -2.51. The molecule has 2 atom stereocenters. The molecule has 1 aromatic carbocycles. The number of nitrogens with one attached hydrogen (secondary N) is 1. The molecule has 0 radical (unpaired) electrons. The van der Waals surface area contributed by atoms with Crippen LogP contribution in [0.15, 0.2) is 30.5 Å². The van der Waals surface area contributed by atoms with Gasteiger partial charge >= 0.3 is 0 Å². The maximum Gasteiger partial charge on any atom is 0.251 e. The normalized spacial score (nSPS) is 24.0. The highest BCUT2D eigenvalue weighted by atomic mass is 16.1. The van der Waals surface area contributed by atoms with E-state index >= 15 is 0 Å². The molecule has 26 heavy (non-hydrogen) atoms. The lowest BCUT2D eigenvalue weighted by atomic mass is 9.83. The first-order valence-electron chi connectivity index (χ1n) is 10.3. The lowest BCUT2D eigenvalue weighted by Gasteiger charge is -2.44. The largest absolute Gasteiger partial charge is 0.352 e. The third kappa shape index (κ3) is 3.39. The van der Waals surface area contributed by atoms with E-state index in [-0.39, 0.29) is 5.91 Å². The summed E-state index contributed by atoms with van der Waals surface area (Å²) in [6.07, 6.45) is 8.61. The van der Waals surface area contributed by atoms with E-state index in [0.29, 0.717) is 18.0 Å². The highest BCUT2D eigenvalue weighted by Crippen LogP contribution is 2.30. The second-order valence-electron chi connectivity index (χ2n) is 8.30. The van der Waals surface area contributed by atoms with Crippen molar-refractivity contribution in [2.24, 2.45) is 5.92 Å². The summed E-state index contributed by atoms with van der Waals surface area (Å²) in [6, 6.07) is 9.28. The van der Waals surface area contributed by atoms with Gasteiger partial charge in [0.05, 0.1) is 0 Å². The summed E-state index contributed by atoms with van der Waals surface area (Å²) in [5, 5.41) is 4.36. The molecular formula is C22H31N3O. The molecule has 2 aliphatic heterocycles. The second kappa shape index (κ2) is 7.43. The third-order valence-corrected chi connectivity index (χ3v) is 6.29. The molecule has 0 aliphatic carbocycles. The van der Waals surface area contributed by atoms with Gasteiger partial charge in [0.2, 0.25) is 0 Å². The smallest absolute Gasteiger partial charge is 0.251 e. The standard InChI is InChI=1S/C22H31N3O/c1-16(2)25-13-10-17-14-18(8-9-21(17)25)22(26)23-15-19-6-5-12-24-11-4-3-7-20(19)24/h8-10,13-14,16,19-20H,3-7,11-12,15H2,1-2H3,(H,23,26)/t19-,20-/m1/s1. The van der Waals surface area contributed by atoms with Crippen LogP contribution in [0, 0.1) is 5.92 Å². The van der Waals surface area contributed by atoms with Gasteiger partial charge in [-0.15, -0.1) is 0 Å². The molecule has 0 saturated carbocycles.